The molecule has 0 amide bonds. The molecular weight excluding hydrogens is 224 g/mol. The maximum atomic E-state index is 8.62. The van der Waals surface area contributed by atoms with E-state index in [2.05, 4.69) is 11.8 Å². The Bertz CT molecular complexity index is 557. The van der Waals surface area contributed by atoms with Crippen molar-refractivity contribution in [1.82, 2.24) is 0 Å². The Morgan fingerprint density at radius 3 is 2.00 bits per heavy atom. The molecule has 0 aliphatic rings. The van der Waals surface area contributed by atoms with Crippen LogP contribution in [-0.2, 0) is 0 Å². The molecule has 18 heavy (non-hydrogen) atoms. The van der Waals surface area contributed by atoms with Crippen LogP contribution in [0.25, 0.3) is 11.1 Å². The highest BCUT2D eigenvalue weighted by Gasteiger charge is 1.98. The monoisotopic (exact) mass is 238 g/mol. The minimum atomic E-state index is -0.111. The summed E-state index contributed by atoms with van der Waals surface area (Å²) in [6.07, 6.45) is 0. The smallest absolute Gasteiger partial charge is 0.118 e. The van der Waals surface area contributed by atoms with Crippen molar-refractivity contribution < 1.29 is 9.84 Å². The van der Waals surface area contributed by atoms with Gasteiger partial charge in [-0.2, -0.15) is 0 Å². The summed E-state index contributed by atoms with van der Waals surface area (Å²) in [5, 5.41) is 8.62. The summed E-state index contributed by atoms with van der Waals surface area (Å²) in [5.74, 6) is 6.35. The lowest BCUT2D eigenvalue weighted by atomic mass is 10.0. The first-order chi connectivity index (χ1) is 8.83. The molecular formula is C16H14O2. The van der Waals surface area contributed by atoms with Crippen molar-refractivity contribution in [3.63, 3.8) is 0 Å². The van der Waals surface area contributed by atoms with Gasteiger partial charge in [0.1, 0.15) is 12.4 Å². The number of hydrogen-bond donors (Lipinski definition) is 1. The van der Waals surface area contributed by atoms with Crippen molar-refractivity contribution in [2.24, 2.45) is 0 Å². The van der Waals surface area contributed by atoms with E-state index < -0.39 is 0 Å². The molecule has 0 heterocycles. The van der Waals surface area contributed by atoms with Crippen LogP contribution in [0.4, 0.5) is 0 Å². The van der Waals surface area contributed by atoms with Crippen LogP contribution in [0, 0.1) is 11.8 Å². The van der Waals surface area contributed by atoms with Gasteiger partial charge in [0, 0.05) is 5.56 Å². The van der Waals surface area contributed by atoms with Gasteiger partial charge in [0.25, 0.3) is 0 Å². The minimum Gasteiger partial charge on any atom is -0.497 e. The van der Waals surface area contributed by atoms with E-state index in [1.807, 2.05) is 48.5 Å². The topological polar surface area (TPSA) is 29.5 Å². The van der Waals surface area contributed by atoms with Crippen molar-refractivity contribution in [3.05, 3.63) is 54.1 Å². The molecule has 0 fully saturated rings. The molecule has 0 atom stereocenters. The van der Waals surface area contributed by atoms with E-state index in [-0.39, 0.29) is 6.61 Å². The molecule has 0 aliphatic heterocycles. The maximum absolute atomic E-state index is 8.62. The summed E-state index contributed by atoms with van der Waals surface area (Å²) < 4.78 is 5.13. The van der Waals surface area contributed by atoms with Gasteiger partial charge in [-0.15, -0.1) is 0 Å². The molecule has 0 aliphatic carbocycles. The van der Waals surface area contributed by atoms with E-state index >= 15 is 0 Å². The summed E-state index contributed by atoms with van der Waals surface area (Å²) in [5.41, 5.74) is 3.17. The number of hydrogen-bond acceptors (Lipinski definition) is 2. The lowest BCUT2D eigenvalue weighted by molar-refractivity contribution is 0.350. The molecule has 2 aromatic rings. The maximum Gasteiger partial charge on any atom is 0.118 e. The van der Waals surface area contributed by atoms with Gasteiger partial charge in [0.15, 0.2) is 0 Å². The molecule has 1 N–H and O–H groups in total. The first kappa shape index (κ1) is 12.2. The molecule has 0 saturated heterocycles. The van der Waals surface area contributed by atoms with Crippen LogP contribution < -0.4 is 4.74 Å². The van der Waals surface area contributed by atoms with E-state index in [1.54, 1.807) is 7.11 Å². The van der Waals surface area contributed by atoms with Crippen molar-refractivity contribution in [1.29, 1.82) is 0 Å². The summed E-state index contributed by atoms with van der Waals surface area (Å²) >= 11 is 0. The van der Waals surface area contributed by atoms with Crippen molar-refractivity contribution >= 4 is 0 Å². The average molecular weight is 238 g/mol. The normalized spacial score (nSPS) is 9.44. The fraction of sp³-hybridized carbons (Fsp3) is 0.125. The average Bonchev–Trinajstić information content (AvgIpc) is 2.46. The van der Waals surface area contributed by atoms with Crippen LogP contribution in [0.15, 0.2) is 48.5 Å². The highest BCUT2D eigenvalue weighted by molar-refractivity contribution is 5.65. The van der Waals surface area contributed by atoms with Crippen molar-refractivity contribution in [2.75, 3.05) is 13.7 Å². The number of rotatable bonds is 2. The van der Waals surface area contributed by atoms with Gasteiger partial charge in [0.05, 0.1) is 7.11 Å². The highest BCUT2D eigenvalue weighted by Crippen LogP contribution is 2.22. The number of ether oxygens (including phenoxy) is 1. The van der Waals surface area contributed by atoms with Gasteiger partial charge in [0.2, 0.25) is 0 Å². The third-order valence-corrected chi connectivity index (χ3v) is 2.62. The van der Waals surface area contributed by atoms with Gasteiger partial charge < -0.3 is 9.84 Å². The van der Waals surface area contributed by atoms with E-state index in [1.165, 1.54) is 0 Å². The zero-order chi connectivity index (χ0) is 12.8. The van der Waals surface area contributed by atoms with Crippen LogP contribution in [0.5, 0.6) is 5.75 Å². The Hall–Kier alpha value is -2.24. The molecule has 2 nitrogen and oxygen atoms in total. The highest BCUT2D eigenvalue weighted by atomic mass is 16.5. The molecule has 0 radical (unpaired) electrons. The second-order valence-corrected chi connectivity index (χ2v) is 3.77. The van der Waals surface area contributed by atoms with Crippen LogP contribution >= 0.6 is 0 Å². The predicted molar refractivity (Wildman–Crippen MR) is 72.4 cm³/mol. The molecule has 2 rings (SSSR count). The van der Waals surface area contributed by atoms with E-state index in [4.69, 9.17) is 9.84 Å². The first-order valence-electron chi connectivity index (χ1n) is 5.67. The van der Waals surface area contributed by atoms with E-state index in [9.17, 15) is 0 Å². The SMILES string of the molecule is COc1ccc(-c2ccc(C#CCO)cc2)cc1. The lowest BCUT2D eigenvalue weighted by Gasteiger charge is -2.03. The Morgan fingerprint density at radius 2 is 1.50 bits per heavy atom. The standard InChI is InChI=1S/C16H14O2/c1-18-16-10-8-15(9-11-16)14-6-4-13(5-7-14)3-2-12-17/h4-11,17H,12H2,1H3. The van der Waals surface area contributed by atoms with Gasteiger partial charge in [-0.1, -0.05) is 36.1 Å². The second-order valence-electron chi connectivity index (χ2n) is 3.77. The summed E-state index contributed by atoms with van der Waals surface area (Å²) in [4.78, 5) is 0. The third kappa shape index (κ3) is 2.91. The minimum absolute atomic E-state index is 0.111. The number of aliphatic hydroxyl groups is 1. The van der Waals surface area contributed by atoms with Gasteiger partial charge in [-0.05, 0) is 35.4 Å². The second kappa shape index (κ2) is 5.90. The van der Waals surface area contributed by atoms with E-state index in [0.29, 0.717) is 0 Å². The largest absolute Gasteiger partial charge is 0.497 e. The van der Waals surface area contributed by atoms with Crippen molar-refractivity contribution in [3.8, 4) is 28.7 Å². The van der Waals surface area contributed by atoms with Crippen LogP contribution in [0.3, 0.4) is 0 Å². The molecule has 2 aromatic carbocycles. The van der Waals surface area contributed by atoms with Gasteiger partial charge in [-0.25, -0.2) is 0 Å². The Morgan fingerprint density at radius 1 is 0.944 bits per heavy atom. The summed E-state index contributed by atoms with van der Waals surface area (Å²) in [6.45, 7) is -0.111. The van der Waals surface area contributed by atoms with Crippen molar-refractivity contribution in [2.45, 2.75) is 0 Å². The Kier molecular flexibility index (Phi) is 4.01. The number of benzene rings is 2. The molecule has 0 unspecified atom stereocenters. The van der Waals surface area contributed by atoms with Gasteiger partial charge in [-0.3, -0.25) is 0 Å². The summed E-state index contributed by atoms with van der Waals surface area (Å²) in [6, 6.07) is 15.8. The molecule has 0 saturated carbocycles. The third-order valence-electron chi connectivity index (χ3n) is 2.62. The fourth-order valence-electron chi connectivity index (χ4n) is 1.67. The fourth-order valence-corrected chi connectivity index (χ4v) is 1.67. The molecule has 0 aromatic heterocycles. The van der Waals surface area contributed by atoms with Gasteiger partial charge >= 0.3 is 0 Å². The van der Waals surface area contributed by atoms with Crippen LogP contribution in [0.1, 0.15) is 5.56 Å². The Labute approximate surface area is 107 Å². The zero-order valence-electron chi connectivity index (χ0n) is 10.2. The van der Waals surface area contributed by atoms with Crippen LogP contribution in [0.2, 0.25) is 0 Å². The first-order valence-corrected chi connectivity index (χ1v) is 5.67. The number of aliphatic hydroxyl groups excluding tert-OH is 1. The Balaban J connectivity index is 2.22. The quantitative estimate of drug-likeness (QED) is 0.815. The summed E-state index contributed by atoms with van der Waals surface area (Å²) in [7, 11) is 1.66. The zero-order valence-corrected chi connectivity index (χ0v) is 10.2. The molecule has 0 spiro atoms. The molecule has 2 heteroatoms. The predicted octanol–water partition coefficient (Wildman–Crippen LogP) is 2.71. The molecule has 90 valence electrons. The van der Waals surface area contributed by atoms with Crippen LogP contribution in [-0.4, -0.2) is 18.8 Å². The van der Waals surface area contributed by atoms with E-state index in [0.717, 1.165) is 22.4 Å². The lowest BCUT2D eigenvalue weighted by Crippen LogP contribution is -1.83. The number of methoxy groups -OCH3 is 1. The molecule has 0 bridgehead atoms.